The maximum Gasteiger partial charge on any atom is 0.503 e. The Hall–Kier alpha value is -1.22. The number of unbranched alkanes of at least 4 members (excludes halogenated alkanes) is 9. The molecule has 0 aliphatic carbocycles. The molecule has 0 heterocycles. The van der Waals surface area contributed by atoms with Gasteiger partial charge in [-0.05, 0) is 6.42 Å². The first-order valence-electron chi connectivity index (χ1n) is 9.47. The van der Waals surface area contributed by atoms with E-state index in [9.17, 15) is 0 Å². The summed E-state index contributed by atoms with van der Waals surface area (Å²) in [5, 5.41) is 0. The summed E-state index contributed by atoms with van der Waals surface area (Å²) in [7, 11) is -2.88. The molecule has 0 aromatic rings. The van der Waals surface area contributed by atoms with Gasteiger partial charge in [0.15, 0.2) is 0 Å². The lowest BCUT2D eigenvalue weighted by molar-refractivity contribution is 0.0900. The SMILES string of the molecule is C#CCO[Si](CCCCCCCCCCCC)(OCC#C)OCC#C. The molecule has 0 spiro atoms. The lowest BCUT2D eigenvalue weighted by Gasteiger charge is -2.27. The maximum atomic E-state index is 5.73. The smallest absolute Gasteiger partial charge is 0.362 e. The van der Waals surface area contributed by atoms with Crippen LogP contribution < -0.4 is 0 Å². The van der Waals surface area contributed by atoms with Crippen LogP contribution in [0.5, 0.6) is 0 Å². The van der Waals surface area contributed by atoms with Crippen molar-refractivity contribution in [3.05, 3.63) is 0 Å². The summed E-state index contributed by atoms with van der Waals surface area (Å²) >= 11 is 0. The van der Waals surface area contributed by atoms with Gasteiger partial charge in [0.05, 0.1) is 19.8 Å². The van der Waals surface area contributed by atoms with Gasteiger partial charge < -0.3 is 13.3 Å². The van der Waals surface area contributed by atoms with Crippen LogP contribution in [-0.2, 0) is 13.3 Å². The summed E-state index contributed by atoms with van der Waals surface area (Å²) in [6, 6.07) is 0.703. The van der Waals surface area contributed by atoms with Gasteiger partial charge in [-0.2, -0.15) is 0 Å². The molecule has 25 heavy (non-hydrogen) atoms. The largest absolute Gasteiger partial charge is 0.503 e. The monoisotopic (exact) mass is 362 g/mol. The van der Waals surface area contributed by atoms with Crippen molar-refractivity contribution in [3.8, 4) is 37.0 Å². The predicted octanol–water partition coefficient (Wildman–Crippen LogP) is 4.80. The Morgan fingerprint density at radius 3 is 1.32 bits per heavy atom. The fraction of sp³-hybridized carbons (Fsp3) is 0.714. The highest BCUT2D eigenvalue weighted by atomic mass is 28.4. The average molecular weight is 363 g/mol. The van der Waals surface area contributed by atoms with Gasteiger partial charge in [0, 0.05) is 6.04 Å². The molecule has 0 aliphatic rings. The van der Waals surface area contributed by atoms with E-state index in [1.165, 1.54) is 51.4 Å². The second kappa shape index (κ2) is 17.6. The van der Waals surface area contributed by atoms with Gasteiger partial charge in [0.2, 0.25) is 0 Å². The molecule has 0 amide bonds. The minimum absolute atomic E-state index is 0.152. The van der Waals surface area contributed by atoms with Crippen molar-refractivity contribution >= 4 is 8.80 Å². The molecule has 0 fully saturated rings. The van der Waals surface area contributed by atoms with E-state index in [2.05, 4.69) is 24.7 Å². The van der Waals surface area contributed by atoms with Crippen LogP contribution in [0.2, 0.25) is 6.04 Å². The normalized spacial score (nSPS) is 10.8. The summed E-state index contributed by atoms with van der Waals surface area (Å²) in [4.78, 5) is 0. The lowest BCUT2D eigenvalue weighted by atomic mass is 10.1. The van der Waals surface area contributed by atoms with E-state index in [1.54, 1.807) is 0 Å². The Kier molecular flexibility index (Phi) is 16.7. The lowest BCUT2D eigenvalue weighted by Crippen LogP contribution is -2.46. The topological polar surface area (TPSA) is 27.7 Å². The Balaban J connectivity index is 4.09. The van der Waals surface area contributed by atoms with E-state index in [-0.39, 0.29) is 19.8 Å². The van der Waals surface area contributed by atoms with Crippen LogP contribution in [0.3, 0.4) is 0 Å². The second-order valence-corrected chi connectivity index (χ2v) is 8.83. The molecule has 0 aromatic heterocycles. The molecular formula is C21H34O3Si. The van der Waals surface area contributed by atoms with Crippen molar-refractivity contribution in [2.24, 2.45) is 0 Å². The highest BCUT2D eigenvalue weighted by Crippen LogP contribution is 2.21. The van der Waals surface area contributed by atoms with Crippen molar-refractivity contribution in [2.45, 2.75) is 77.2 Å². The average Bonchev–Trinajstić information content (AvgIpc) is 2.64. The molecule has 140 valence electrons. The Morgan fingerprint density at radius 1 is 0.600 bits per heavy atom. The highest BCUT2D eigenvalue weighted by Gasteiger charge is 2.40. The predicted molar refractivity (Wildman–Crippen MR) is 107 cm³/mol. The summed E-state index contributed by atoms with van der Waals surface area (Å²) in [5.41, 5.74) is 0. The van der Waals surface area contributed by atoms with E-state index in [0.717, 1.165) is 12.8 Å². The molecule has 0 rings (SSSR count). The molecule has 0 saturated heterocycles. The summed E-state index contributed by atoms with van der Waals surface area (Å²) < 4.78 is 17.2. The number of hydrogen-bond acceptors (Lipinski definition) is 3. The van der Waals surface area contributed by atoms with Crippen molar-refractivity contribution in [2.75, 3.05) is 19.8 Å². The second-order valence-electron chi connectivity index (χ2n) is 6.09. The first kappa shape index (κ1) is 23.8. The van der Waals surface area contributed by atoms with Crippen molar-refractivity contribution in [1.82, 2.24) is 0 Å². The van der Waals surface area contributed by atoms with Gasteiger partial charge in [0.1, 0.15) is 0 Å². The standard InChI is InChI=1S/C21H34O3Si/c1-5-9-10-11-12-13-14-15-16-17-21-25(22-18-6-2,23-19-7-3)24-20-8-4/h2-4H,5,9-21H2,1H3. The van der Waals surface area contributed by atoms with Crippen LogP contribution in [0.25, 0.3) is 0 Å². The molecule has 0 bridgehead atoms. The van der Waals surface area contributed by atoms with Crippen LogP contribution in [0.1, 0.15) is 71.1 Å². The first-order valence-corrected chi connectivity index (χ1v) is 11.4. The molecule has 4 heteroatoms. The van der Waals surface area contributed by atoms with E-state index < -0.39 is 8.80 Å². The fourth-order valence-electron chi connectivity index (χ4n) is 2.63. The maximum absolute atomic E-state index is 5.73. The Labute approximate surface area is 156 Å². The molecular weight excluding hydrogens is 328 g/mol. The molecule has 0 atom stereocenters. The summed E-state index contributed by atoms with van der Waals surface area (Å²) in [6.07, 6.45) is 28.6. The van der Waals surface area contributed by atoms with Crippen LogP contribution in [0, 0.1) is 37.0 Å². The highest BCUT2D eigenvalue weighted by molar-refractivity contribution is 6.60. The van der Waals surface area contributed by atoms with E-state index in [1.807, 2.05) is 0 Å². The van der Waals surface area contributed by atoms with Crippen molar-refractivity contribution in [1.29, 1.82) is 0 Å². The fourth-order valence-corrected chi connectivity index (χ4v) is 4.90. The molecule has 0 unspecified atom stereocenters. The number of terminal acetylenes is 3. The van der Waals surface area contributed by atoms with Gasteiger partial charge in [-0.1, -0.05) is 82.5 Å². The number of rotatable bonds is 17. The molecule has 0 aromatic carbocycles. The summed E-state index contributed by atoms with van der Waals surface area (Å²) in [6.45, 7) is 2.70. The van der Waals surface area contributed by atoms with Crippen LogP contribution in [-0.4, -0.2) is 28.6 Å². The zero-order valence-electron chi connectivity index (χ0n) is 15.9. The minimum atomic E-state index is -2.88. The zero-order valence-corrected chi connectivity index (χ0v) is 16.9. The number of hydrogen-bond donors (Lipinski definition) is 0. The Bertz CT molecular complexity index is 382. The van der Waals surface area contributed by atoms with Gasteiger partial charge in [-0.25, -0.2) is 0 Å². The third kappa shape index (κ3) is 13.7. The van der Waals surface area contributed by atoms with Crippen LogP contribution in [0.15, 0.2) is 0 Å². The summed E-state index contributed by atoms with van der Waals surface area (Å²) in [5.74, 6) is 7.39. The van der Waals surface area contributed by atoms with Gasteiger partial charge >= 0.3 is 8.80 Å². The van der Waals surface area contributed by atoms with Crippen LogP contribution >= 0.6 is 0 Å². The molecule has 0 aliphatic heterocycles. The van der Waals surface area contributed by atoms with E-state index >= 15 is 0 Å². The van der Waals surface area contributed by atoms with Gasteiger partial charge in [0.25, 0.3) is 0 Å². The van der Waals surface area contributed by atoms with E-state index in [0.29, 0.717) is 6.04 Å². The van der Waals surface area contributed by atoms with Crippen LogP contribution in [0.4, 0.5) is 0 Å². The Morgan fingerprint density at radius 2 is 0.960 bits per heavy atom. The quantitative estimate of drug-likeness (QED) is 0.211. The molecule has 0 radical (unpaired) electrons. The third-order valence-corrected chi connectivity index (χ3v) is 6.68. The third-order valence-electron chi connectivity index (χ3n) is 3.96. The van der Waals surface area contributed by atoms with E-state index in [4.69, 9.17) is 32.5 Å². The molecule has 0 saturated carbocycles. The molecule has 0 N–H and O–H groups in total. The zero-order chi connectivity index (χ0) is 18.6. The molecule has 3 nitrogen and oxygen atoms in total. The van der Waals surface area contributed by atoms with Gasteiger partial charge in [-0.15, -0.1) is 19.3 Å². The first-order chi connectivity index (χ1) is 12.2. The van der Waals surface area contributed by atoms with Crippen molar-refractivity contribution in [3.63, 3.8) is 0 Å². The van der Waals surface area contributed by atoms with Gasteiger partial charge in [-0.3, -0.25) is 0 Å². The minimum Gasteiger partial charge on any atom is -0.362 e. The van der Waals surface area contributed by atoms with Crippen molar-refractivity contribution < 1.29 is 13.3 Å².